The number of carbonyl (C=O) groups excluding carboxylic acids is 1. The average Bonchev–Trinajstić information content (AvgIpc) is 2.91. The summed E-state index contributed by atoms with van der Waals surface area (Å²) in [7, 11) is 0. The minimum atomic E-state index is -1.02. The van der Waals surface area contributed by atoms with Crippen molar-refractivity contribution in [1.82, 2.24) is 9.88 Å². The molecule has 1 aromatic heterocycles. The number of halogens is 2. The van der Waals surface area contributed by atoms with E-state index in [0.717, 1.165) is 12.1 Å². The van der Waals surface area contributed by atoms with Gasteiger partial charge in [0.25, 0.3) is 11.5 Å². The molecule has 1 amide bonds. The first-order valence-corrected chi connectivity index (χ1v) is 7.50. The van der Waals surface area contributed by atoms with Crippen molar-refractivity contribution in [3.8, 4) is 0 Å². The number of pyridine rings is 1. The maximum absolute atomic E-state index is 13.5. The van der Waals surface area contributed by atoms with Crippen LogP contribution in [-0.2, 0) is 0 Å². The molecule has 1 aliphatic rings. The number of aromatic amines is 1. The first kappa shape index (κ1) is 16.3. The highest BCUT2D eigenvalue weighted by molar-refractivity contribution is 5.94. The van der Waals surface area contributed by atoms with E-state index in [1.165, 1.54) is 17.0 Å². The summed E-state index contributed by atoms with van der Waals surface area (Å²) in [5.41, 5.74) is 0.421. The van der Waals surface area contributed by atoms with Gasteiger partial charge in [-0.3, -0.25) is 9.59 Å². The number of hydrogen-bond donors (Lipinski definition) is 2. The van der Waals surface area contributed by atoms with Crippen LogP contribution in [0.2, 0.25) is 0 Å². The van der Waals surface area contributed by atoms with Gasteiger partial charge in [0.15, 0.2) is 11.6 Å². The van der Waals surface area contributed by atoms with Crippen LogP contribution in [0, 0.1) is 18.6 Å². The number of aryl methyl sites for hydroxylation is 1. The van der Waals surface area contributed by atoms with E-state index in [0.29, 0.717) is 11.3 Å². The average molecular weight is 334 g/mol. The van der Waals surface area contributed by atoms with Gasteiger partial charge in [0.2, 0.25) is 0 Å². The number of likely N-dealkylation sites (tertiary alicyclic amines) is 1. The fraction of sp³-hybridized carbons (Fsp3) is 0.294. The number of aliphatic hydroxyl groups is 1. The summed E-state index contributed by atoms with van der Waals surface area (Å²) >= 11 is 0. The summed E-state index contributed by atoms with van der Waals surface area (Å²) in [5, 5.41) is 9.92. The molecule has 0 unspecified atom stereocenters. The quantitative estimate of drug-likeness (QED) is 0.881. The summed E-state index contributed by atoms with van der Waals surface area (Å²) in [6, 6.07) is 5.77. The molecule has 1 aromatic carbocycles. The van der Waals surface area contributed by atoms with E-state index in [1.807, 2.05) is 0 Å². The van der Waals surface area contributed by atoms with E-state index < -0.39 is 35.2 Å². The Morgan fingerprint density at radius 3 is 2.67 bits per heavy atom. The molecule has 2 N–H and O–H groups in total. The van der Waals surface area contributed by atoms with Crippen LogP contribution in [-0.4, -0.2) is 33.5 Å². The number of β-amino-alcohol motifs (C(OH)–C–C–N with tert-alkyl or cyclic N) is 1. The number of carbonyl (C=O) groups is 1. The molecular weight excluding hydrogens is 318 g/mol. The molecule has 5 nitrogen and oxygen atoms in total. The summed E-state index contributed by atoms with van der Waals surface area (Å²) in [5.74, 6) is -2.55. The third-order valence-electron chi connectivity index (χ3n) is 4.15. The van der Waals surface area contributed by atoms with E-state index >= 15 is 0 Å². The molecule has 1 aliphatic heterocycles. The van der Waals surface area contributed by atoms with Crippen molar-refractivity contribution in [1.29, 1.82) is 0 Å². The van der Waals surface area contributed by atoms with Crippen molar-refractivity contribution in [2.24, 2.45) is 0 Å². The lowest BCUT2D eigenvalue weighted by molar-refractivity contribution is 0.0713. The van der Waals surface area contributed by atoms with Crippen molar-refractivity contribution in [2.45, 2.75) is 25.5 Å². The fourth-order valence-electron chi connectivity index (χ4n) is 2.97. The SMILES string of the molecule is Cc1ccc(C(=O)N2C[C@@H](O)C[C@@H]2c2ccc(F)c(F)c2)c(=O)[nH]1. The Labute approximate surface area is 136 Å². The van der Waals surface area contributed by atoms with Crippen molar-refractivity contribution < 1.29 is 18.7 Å². The van der Waals surface area contributed by atoms with Crippen LogP contribution in [0.15, 0.2) is 35.1 Å². The lowest BCUT2D eigenvalue weighted by atomic mass is 10.0. The molecule has 1 fully saturated rings. The molecule has 3 rings (SSSR count). The van der Waals surface area contributed by atoms with Gasteiger partial charge in [-0.2, -0.15) is 0 Å². The summed E-state index contributed by atoms with van der Waals surface area (Å²) in [4.78, 5) is 28.5. The van der Waals surface area contributed by atoms with Gasteiger partial charge in [-0.05, 0) is 43.2 Å². The van der Waals surface area contributed by atoms with E-state index in [4.69, 9.17) is 0 Å². The van der Waals surface area contributed by atoms with Crippen molar-refractivity contribution >= 4 is 5.91 Å². The topological polar surface area (TPSA) is 73.4 Å². The number of H-pyrrole nitrogens is 1. The maximum atomic E-state index is 13.5. The Morgan fingerprint density at radius 2 is 2.00 bits per heavy atom. The molecule has 0 spiro atoms. The number of nitrogens with zero attached hydrogens (tertiary/aromatic N) is 1. The van der Waals surface area contributed by atoms with Gasteiger partial charge in [-0.1, -0.05) is 6.07 Å². The van der Waals surface area contributed by atoms with Crippen molar-refractivity contribution in [3.05, 3.63) is 69.1 Å². The van der Waals surface area contributed by atoms with Crippen molar-refractivity contribution in [3.63, 3.8) is 0 Å². The smallest absolute Gasteiger partial charge is 0.260 e. The summed E-state index contributed by atoms with van der Waals surface area (Å²) < 4.78 is 26.6. The highest BCUT2D eigenvalue weighted by Gasteiger charge is 2.36. The first-order valence-electron chi connectivity index (χ1n) is 7.50. The second-order valence-corrected chi connectivity index (χ2v) is 5.92. The predicted molar refractivity (Wildman–Crippen MR) is 82.6 cm³/mol. The van der Waals surface area contributed by atoms with Gasteiger partial charge in [0.1, 0.15) is 5.56 Å². The number of nitrogens with one attached hydrogen (secondary N) is 1. The number of aliphatic hydroxyl groups excluding tert-OH is 1. The Kier molecular flexibility index (Phi) is 4.19. The van der Waals surface area contributed by atoms with Crippen LogP contribution in [0.25, 0.3) is 0 Å². The van der Waals surface area contributed by atoms with Crippen LogP contribution in [0.4, 0.5) is 8.78 Å². The lowest BCUT2D eigenvalue weighted by Gasteiger charge is -2.24. The minimum absolute atomic E-state index is 0.0236. The molecular formula is C17H16F2N2O3. The second kappa shape index (κ2) is 6.16. The highest BCUT2D eigenvalue weighted by Crippen LogP contribution is 2.33. The molecule has 0 radical (unpaired) electrons. The van der Waals surface area contributed by atoms with Gasteiger partial charge < -0.3 is 15.0 Å². The lowest BCUT2D eigenvalue weighted by Crippen LogP contribution is -2.35. The normalized spacial score (nSPS) is 20.4. The van der Waals surface area contributed by atoms with E-state index in [9.17, 15) is 23.5 Å². The largest absolute Gasteiger partial charge is 0.391 e. The highest BCUT2D eigenvalue weighted by atomic mass is 19.2. The van der Waals surface area contributed by atoms with Crippen LogP contribution in [0.1, 0.15) is 34.1 Å². The number of benzene rings is 1. The Balaban J connectivity index is 1.96. The van der Waals surface area contributed by atoms with Gasteiger partial charge in [-0.15, -0.1) is 0 Å². The summed E-state index contributed by atoms with van der Waals surface area (Å²) in [6.45, 7) is 1.72. The molecule has 2 atom stereocenters. The standard InChI is InChI=1S/C17H16F2N2O3/c1-9-2-4-12(16(23)20-9)17(24)21-8-11(22)7-15(21)10-3-5-13(18)14(19)6-10/h2-6,11,15,22H,7-8H2,1H3,(H,20,23)/t11-,15+/m0/s1. The molecule has 0 aliphatic carbocycles. The Morgan fingerprint density at radius 1 is 1.25 bits per heavy atom. The molecule has 126 valence electrons. The summed E-state index contributed by atoms with van der Waals surface area (Å²) in [6.07, 6.45) is -0.600. The van der Waals surface area contributed by atoms with Gasteiger partial charge in [-0.25, -0.2) is 8.78 Å². The second-order valence-electron chi connectivity index (χ2n) is 5.92. The Bertz CT molecular complexity index is 850. The van der Waals surface area contributed by atoms with Crippen LogP contribution in [0.3, 0.4) is 0 Å². The fourth-order valence-corrected chi connectivity index (χ4v) is 2.97. The van der Waals surface area contributed by atoms with Crippen LogP contribution >= 0.6 is 0 Å². The zero-order chi connectivity index (χ0) is 17.4. The number of hydrogen-bond acceptors (Lipinski definition) is 3. The van der Waals surface area contributed by atoms with Gasteiger partial charge >= 0.3 is 0 Å². The number of aromatic nitrogens is 1. The third-order valence-corrected chi connectivity index (χ3v) is 4.15. The number of amides is 1. The Hall–Kier alpha value is -2.54. The molecule has 24 heavy (non-hydrogen) atoms. The molecule has 2 aromatic rings. The van der Waals surface area contributed by atoms with E-state index in [1.54, 1.807) is 13.0 Å². The van der Waals surface area contributed by atoms with Crippen molar-refractivity contribution in [2.75, 3.05) is 6.54 Å². The van der Waals surface area contributed by atoms with E-state index in [2.05, 4.69) is 4.98 Å². The predicted octanol–water partition coefficient (Wildman–Crippen LogP) is 1.91. The molecule has 0 bridgehead atoms. The van der Waals surface area contributed by atoms with Gasteiger partial charge in [0.05, 0.1) is 12.1 Å². The first-order chi connectivity index (χ1) is 11.4. The zero-order valence-electron chi connectivity index (χ0n) is 12.9. The third kappa shape index (κ3) is 2.94. The molecule has 1 saturated heterocycles. The molecule has 2 heterocycles. The zero-order valence-corrected chi connectivity index (χ0v) is 12.9. The minimum Gasteiger partial charge on any atom is -0.391 e. The van der Waals surface area contributed by atoms with Crippen LogP contribution in [0.5, 0.6) is 0 Å². The number of rotatable bonds is 2. The molecule has 7 heteroatoms. The maximum Gasteiger partial charge on any atom is 0.260 e. The van der Waals surface area contributed by atoms with E-state index in [-0.39, 0.29) is 18.5 Å². The van der Waals surface area contributed by atoms with Gasteiger partial charge in [0, 0.05) is 12.2 Å². The van der Waals surface area contributed by atoms with Crippen LogP contribution < -0.4 is 5.56 Å². The molecule has 0 saturated carbocycles. The monoisotopic (exact) mass is 334 g/mol.